The number of carbonyl (C=O) groups excluding carboxylic acids is 3. The van der Waals surface area contributed by atoms with Crippen molar-refractivity contribution in [2.45, 2.75) is 9.75 Å². The Kier molecular flexibility index (Phi) is 4.29. The molecule has 0 aromatic heterocycles. The maximum Gasteiger partial charge on any atom is 0.244 e. The number of rotatable bonds is 3. The van der Waals surface area contributed by atoms with E-state index in [1.54, 1.807) is 24.3 Å². The zero-order valence-electron chi connectivity index (χ0n) is 17.3. The molecule has 3 aromatic rings. The standard InChI is InChI=1S/C26H18Cl2N2O3/c27-25-16-10-4-5-11-17(16)26(28,19-13-7-6-12-18(19)25)22-21(25)23(32)30(24(22)33)14-20(31)29-15-8-2-1-3-9-15/h1-13,21-22H,14H2,(H,29,31)/t21-,22-,25?,26?/m1/s1. The number of amides is 3. The zero-order chi connectivity index (χ0) is 23.0. The summed E-state index contributed by atoms with van der Waals surface area (Å²) < 4.78 is 0. The highest BCUT2D eigenvalue weighted by molar-refractivity contribution is 6.36. The normalized spacial score (nSPS) is 28.8. The molecule has 3 aliphatic carbocycles. The maximum absolute atomic E-state index is 13.7. The van der Waals surface area contributed by atoms with E-state index in [1.165, 1.54) is 0 Å². The quantitative estimate of drug-likeness (QED) is 0.454. The Bertz CT molecular complexity index is 1220. The van der Waals surface area contributed by atoms with Crippen LogP contribution in [0.1, 0.15) is 22.3 Å². The van der Waals surface area contributed by atoms with Gasteiger partial charge in [-0.25, -0.2) is 0 Å². The van der Waals surface area contributed by atoms with Crippen LogP contribution >= 0.6 is 23.2 Å². The fourth-order valence-corrected chi connectivity index (χ4v) is 6.84. The number of imide groups is 1. The Morgan fingerprint density at radius 1 is 0.727 bits per heavy atom. The number of nitrogens with one attached hydrogen (secondary N) is 1. The third-order valence-corrected chi connectivity index (χ3v) is 8.32. The molecule has 7 heteroatoms. The summed E-state index contributed by atoms with van der Waals surface area (Å²) in [6, 6.07) is 23.8. The minimum atomic E-state index is -1.24. The van der Waals surface area contributed by atoms with E-state index in [0.717, 1.165) is 27.2 Å². The third kappa shape index (κ3) is 2.52. The first kappa shape index (κ1) is 20.5. The SMILES string of the molecule is O=C(CN1C(=O)[C@H]2[C@H](C1=O)C1(Cl)c3ccccc3C2(Cl)c2ccccc21)Nc1ccccc1. The van der Waals surface area contributed by atoms with Crippen LogP contribution in [0.3, 0.4) is 0 Å². The van der Waals surface area contributed by atoms with E-state index in [0.29, 0.717) is 5.69 Å². The molecule has 164 valence electrons. The van der Waals surface area contributed by atoms with Crippen molar-refractivity contribution < 1.29 is 14.4 Å². The first-order chi connectivity index (χ1) is 15.9. The molecule has 7 rings (SSSR count). The Morgan fingerprint density at radius 3 is 1.55 bits per heavy atom. The van der Waals surface area contributed by atoms with Crippen molar-refractivity contribution in [3.05, 3.63) is 101 Å². The molecular weight excluding hydrogens is 459 g/mol. The first-order valence-electron chi connectivity index (χ1n) is 10.7. The van der Waals surface area contributed by atoms with E-state index >= 15 is 0 Å². The van der Waals surface area contributed by atoms with Gasteiger partial charge in [0, 0.05) is 5.69 Å². The molecule has 3 aromatic carbocycles. The van der Waals surface area contributed by atoms with Crippen LogP contribution in [0.5, 0.6) is 0 Å². The van der Waals surface area contributed by atoms with Gasteiger partial charge in [0.05, 0.1) is 11.8 Å². The summed E-state index contributed by atoms with van der Waals surface area (Å²) in [5.74, 6) is -3.22. The molecule has 0 saturated carbocycles. The van der Waals surface area contributed by atoms with Crippen LogP contribution in [0.4, 0.5) is 5.69 Å². The Balaban J connectivity index is 1.45. The van der Waals surface area contributed by atoms with Crippen molar-refractivity contribution in [3.63, 3.8) is 0 Å². The number of benzene rings is 3. The predicted octanol–water partition coefficient (Wildman–Crippen LogP) is 4.22. The molecule has 0 radical (unpaired) electrons. The van der Waals surface area contributed by atoms with Gasteiger partial charge in [0.1, 0.15) is 16.3 Å². The Labute approximate surface area is 200 Å². The van der Waals surface area contributed by atoms with Gasteiger partial charge in [0.25, 0.3) is 0 Å². The molecular formula is C26H18Cl2N2O3. The lowest BCUT2D eigenvalue weighted by Crippen LogP contribution is -2.57. The van der Waals surface area contributed by atoms with Crippen LogP contribution in [0.15, 0.2) is 78.9 Å². The van der Waals surface area contributed by atoms with Gasteiger partial charge in [-0.15, -0.1) is 23.2 Å². The molecule has 2 atom stereocenters. The van der Waals surface area contributed by atoms with Crippen LogP contribution in [-0.4, -0.2) is 29.2 Å². The lowest BCUT2D eigenvalue weighted by atomic mass is 9.54. The van der Waals surface area contributed by atoms with Gasteiger partial charge < -0.3 is 5.32 Å². The van der Waals surface area contributed by atoms with E-state index in [-0.39, 0.29) is 0 Å². The molecule has 3 amide bonds. The summed E-state index contributed by atoms with van der Waals surface area (Å²) in [5.41, 5.74) is 3.52. The molecule has 1 aliphatic heterocycles. The lowest BCUT2D eigenvalue weighted by molar-refractivity contribution is -0.142. The second kappa shape index (κ2) is 6.92. The molecule has 1 N–H and O–H groups in total. The van der Waals surface area contributed by atoms with E-state index < -0.39 is 45.9 Å². The van der Waals surface area contributed by atoms with Crippen molar-refractivity contribution in [3.8, 4) is 0 Å². The number of hydrogen-bond acceptors (Lipinski definition) is 3. The molecule has 1 heterocycles. The second-order valence-corrected chi connectivity index (χ2v) is 9.84. The highest BCUT2D eigenvalue weighted by Gasteiger charge is 2.73. The number of anilines is 1. The van der Waals surface area contributed by atoms with E-state index in [9.17, 15) is 14.4 Å². The van der Waals surface area contributed by atoms with Gasteiger partial charge in [0.2, 0.25) is 17.7 Å². The molecule has 1 saturated heterocycles. The number of likely N-dealkylation sites (tertiary alicyclic amines) is 1. The predicted molar refractivity (Wildman–Crippen MR) is 125 cm³/mol. The van der Waals surface area contributed by atoms with Gasteiger partial charge in [-0.05, 0) is 34.4 Å². The van der Waals surface area contributed by atoms with Crippen molar-refractivity contribution in [1.29, 1.82) is 0 Å². The summed E-state index contributed by atoms with van der Waals surface area (Å²) in [4.78, 5) is 38.6. The van der Waals surface area contributed by atoms with Crippen LogP contribution in [0.25, 0.3) is 0 Å². The van der Waals surface area contributed by atoms with Gasteiger partial charge in [-0.1, -0.05) is 66.7 Å². The topological polar surface area (TPSA) is 66.5 Å². The summed E-state index contributed by atoms with van der Waals surface area (Å²) in [5, 5.41) is 2.73. The molecule has 2 bridgehead atoms. The van der Waals surface area contributed by atoms with Crippen LogP contribution in [0.2, 0.25) is 0 Å². The molecule has 1 fully saturated rings. The summed E-state index contributed by atoms with van der Waals surface area (Å²) in [6.45, 7) is -0.397. The monoisotopic (exact) mass is 476 g/mol. The summed E-state index contributed by atoms with van der Waals surface area (Å²) >= 11 is 14.7. The Morgan fingerprint density at radius 2 is 1.12 bits per heavy atom. The highest BCUT2D eigenvalue weighted by atomic mass is 35.5. The minimum absolute atomic E-state index is 0.397. The van der Waals surface area contributed by atoms with Gasteiger partial charge in [0.15, 0.2) is 0 Å². The first-order valence-corrected chi connectivity index (χ1v) is 11.4. The smallest absolute Gasteiger partial charge is 0.244 e. The second-order valence-electron chi connectivity index (χ2n) is 8.65. The van der Waals surface area contributed by atoms with Crippen LogP contribution < -0.4 is 5.32 Å². The Hall–Kier alpha value is -3.15. The number of halogens is 2. The molecule has 0 spiro atoms. The fraction of sp³-hybridized carbons (Fsp3) is 0.192. The third-order valence-electron chi connectivity index (χ3n) is 7.04. The van der Waals surface area contributed by atoms with Crippen LogP contribution in [-0.2, 0) is 24.1 Å². The van der Waals surface area contributed by atoms with E-state index in [4.69, 9.17) is 23.2 Å². The van der Waals surface area contributed by atoms with Gasteiger partial charge >= 0.3 is 0 Å². The number of alkyl halides is 2. The number of carbonyl (C=O) groups is 3. The van der Waals surface area contributed by atoms with Crippen molar-refractivity contribution in [2.24, 2.45) is 11.8 Å². The van der Waals surface area contributed by atoms with Crippen molar-refractivity contribution >= 4 is 46.6 Å². The average Bonchev–Trinajstić information content (AvgIpc) is 3.09. The fourth-order valence-electron chi connectivity index (χ4n) is 5.75. The highest BCUT2D eigenvalue weighted by Crippen LogP contribution is 2.69. The van der Waals surface area contributed by atoms with E-state index in [1.807, 2.05) is 54.6 Å². The average molecular weight is 477 g/mol. The number of nitrogens with zero attached hydrogens (tertiary/aromatic N) is 1. The minimum Gasteiger partial charge on any atom is -0.325 e. The molecule has 5 nitrogen and oxygen atoms in total. The number of para-hydroxylation sites is 1. The van der Waals surface area contributed by atoms with Gasteiger partial charge in [-0.2, -0.15) is 0 Å². The summed E-state index contributed by atoms with van der Waals surface area (Å²) in [7, 11) is 0. The zero-order valence-corrected chi connectivity index (χ0v) is 18.8. The largest absolute Gasteiger partial charge is 0.325 e. The molecule has 0 unspecified atom stereocenters. The number of hydrogen-bond donors (Lipinski definition) is 1. The lowest BCUT2D eigenvalue weighted by Gasteiger charge is -2.54. The molecule has 33 heavy (non-hydrogen) atoms. The van der Waals surface area contributed by atoms with Crippen molar-refractivity contribution in [2.75, 3.05) is 11.9 Å². The van der Waals surface area contributed by atoms with E-state index in [2.05, 4.69) is 5.32 Å². The molecule has 4 aliphatic rings. The van der Waals surface area contributed by atoms with Crippen molar-refractivity contribution in [1.82, 2.24) is 4.90 Å². The summed E-state index contributed by atoms with van der Waals surface area (Å²) in [6.07, 6.45) is 0. The maximum atomic E-state index is 13.7. The van der Waals surface area contributed by atoms with Crippen LogP contribution in [0, 0.1) is 11.8 Å². The van der Waals surface area contributed by atoms with Gasteiger partial charge in [-0.3, -0.25) is 19.3 Å².